The van der Waals surface area contributed by atoms with Crippen LogP contribution in [0, 0.1) is 0 Å². The second-order valence-corrected chi connectivity index (χ2v) is 6.51. The first kappa shape index (κ1) is 21.3. The number of pyridine rings is 1. The molecule has 0 aliphatic heterocycles. The molecule has 0 spiro atoms. The van der Waals surface area contributed by atoms with Crippen molar-refractivity contribution in [3.8, 4) is 17.2 Å². The van der Waals surface area contributed by atoms with Crippen molar-refractivity contribution in [2.24, 2.45) is 0 Å². The monoisotopic (exact) mass is 422 g/mol. The first-order chi connectivity index (χ1) is 14.3. The average molecular weight is 423 g/mol. The molecule has 0 saturated carbocycles. The predicted octanol–water partition coefficient (Wildman–Crippen LogP) is 6.00. The molecule has 4 aromatic rings. The molecule has 0 amide bonds. The number of rotatable bonds is 7. The zero-order valence-electron chi connectivity index (χ0n) is 16.8. The molecule has 0 saturated heterocycles. The fraction of sp³-hybridized carbons (Fsp3) is 0.125. The Balaban J connectivity index is 0.00000256. The highest BCUT2D eigenvalue weighted by Gasteiger charge is 2.10. The van der Waals surface area contributed by atoms with Gasteiger partial charge in [-0.15, -0.1) is 12.4 Å². The van der Waals surface area contributed by atoms with Gasteiger partial charge in [0, 0.05) is 29.0 Å². The molecule has 0 aliphatic rings. The van der Waals surface area contributed by atoms with Crippen LogP contribution < -0.4 is 19.5 Å². The van der Waals surface area contributed by atoms with Gasteiger partial charge in [-0.25, -0.2) is 0 Å². The molecular weight excluding hydrogens is 400 g/mol. The summed E-state index contributed by atoms with van der Waals surface area (Å²) in [6, 6.07) is 23.8. The number of hydrogen-bond acceptors (Lipinski definition) is 5. The third-order valence-electron chi connectivity index (χ3n) is 4.63. The van der Waals surface area contributed by atoms with Crippen LogP contribution in [0.1, 0.15) is 5.56 Å². The van der Waals surface area contributed by atoms with E-state index in [9.17, 15) is 0 Å². The zero-order chi connectivity index (χ0) is 20.1. The minimum atomic E-state index is 0. The van der Waals surface area contributed by atoms with E-state index in [0.29, 0.717) is 18.1 Å². The number of methoxy groups -OCH3 is 2. The van der Waals surface area contributed by atoms with E-state index in [0.717, 1.165) is 33.6 Å². The van der Waals surface area contributed by atoms with Gasteiger partial charge in [0.05, 0.1) is 19.7 Å². The smallest absolute Gasteiger partial charge is 0.162 e. The summed E-state index contributed by atoms with van der Waals surface area (Å²) in [6.45, 7) is 0.546. The van der Waals surface area contributed by atoms with Crippen LogP contribution >= 0.6 is 12.4 Å². The predicted molar refractivity (Wildman–Crippen MR) is 123 cm³/mol. The number of anilines is 2. The minimum absolute atomic E-state index is 0. The lowest BCUT2D eigenvalue weighted by molar-refractivity contribution is 0.306. The molecule has 5 nitrogen and oxygen atoms in total. The van der Waals surface area contributed by atoms with Gasteiger partial charge in [-0.2, -0.15) is 0 Å². The Labute approximate surface area is 182 Å². The van der Waals surface area contributed by atoms with E-state index >= 15 is 0 Å². The van der Waals surface area contributed by atoms with Crippen LogP contribution in [0.3, 0.4) is 0 Å². The molecule has 154 valence electrons. The Morgan fingerprint density at radius 3 is 2.23 bits per heavy atom. The van der Waals surface area contributed by atoms with E-state index in [1.54, 1.807) is 20.4 Å². The highest BCUT2D eigenvalue weighted by atomic mass is 35.5. The molecule has 6 heteroatoms. The molecular formula is C24H23ClN2O3. The maximum Gasteiger partial charge on any atom is 0.162 e. The van der Waals surface area contributed by atoms with Crippen LogP contribution in [0.5, 0.6) is 17.2 Å². The van der Waals surface area contributed by atoms with E-state index < -0.39 is 0 Å². The maximum absolute atomic E-state index is 5.86. The van der Waals surface area contributed by atoms with E-state index in [2.05, 4.69) is 10.3 Å². The molecule has 0 bridgehead atoms. The van der Waals surface area contributed by atoms with E-state index in [1.807, 2.05) is 72.8 Å². The largest absolute Gasteiger partial charge is 0.493 e. The molecule has 0 aliphatic carbocycles. The minimum Gasteiger partial charge on any atom is -0.493 e. The quantitative estimate of drug-likeness (QED) is 0.396. The van der Waals surface area contributed by atoms with Crippen molar-refractivity contribution < 1.29 is 14.2 Å². The summed E-state index contributed by atoms with van der Waals surface area (Å²) in [6.07, 6.45) is 1.77. The number of nitrogens with zero attached hydrogens (tertiary/aromatic N) is 1. The van der Waals surface area contributed by atoms with Gasteiger partial charge in [-0.3, -0.25) is 4.98 Å². The Morgan fingerprint density at radius 1 is 0.833 bits per heavy atom. The van der Waals surface area contributed by atoms with Crippen molar-refractivity contribution in [1.82, 2.24) is 4.98 Å². The molecule has 4 rings (SSSR count). The molecule has 0 fully saturated rings. The van der Waals surface area contributed by atoms with Crippen molar-refractivity contribution in [3.63, 3.8) is 0 Å². The highest BCUT2D eigenvalue weighted by Crippen LogP contribution is 2.35. The molecule has 0 atom stereocenters. The number of aromatic nitrogens is 1. The molecule has 1 heterocycles. The normalized spacial score (nSPS) is 10.2. The second kappa shape index (κ2) is 9.85. The van der Waals surface area contributed by atoms with Gasteiger partial charge in [-0.1, -0.05) is 30.3 Å². The van der Waals surface area contributed by atoms with E-state index in [4.69, 9.17) is 14.2 Å². The van der Waals surface area contributed by atoms with Gasteiger partial charge < -0.3 is 19.5 Å². The summed E-state index contributed by atoms with van der Waals surface area (Å²) >= 11 is 0. The molecule has 1 aromatic heterocycles. The fourth-order valence-corrected chi connectivity index (χ4v) is 3.11. The molecule has 30 heavy (non-hydrogen) atoms. The Morgan fingerprint density at radius 2 is 1.53 bits per heavy atom. The van der Waals surface area contributed by atoms with Crippen molar-refractivity contribution >= 4 is 34.7 Å². The van der Waals surface area contributed by atoms with E-state index in [1.165, 1.54) is 0 Å². The number of fused-ring (bicyclic) bond motifs is 1. The lowest BCUT2D eigenvalue weighted by Gasteiger charge is -2.13. The van der Waals surface area contributed by atoms with Gasteiger partial charge in [0.25, 0.3) is 0 Å². The van der Waals surface area contributed by atoms with Gasteiger partial charge in [0.15, 0.2) is 11.5 Å². The van der Waals surface area contributed by atoms with Gasteiger partial charge in [0.1, 0.15) is 12.4 Å². The van der Waals surface area contributed by atoms with Crippen molar-refractivity contribution in [3.05, 3.63) is 84.6 Å². The van der Waals surface area contributed by atoms with Crippen LogP contribution in [0.15, 0.2) is 79.0 Å². The average Bonchev–Trinajstić information content (AvgIpc) is 2.78. The van der Waals surface area contributed by atoms with Crippen molar-refractivity contribution in [2.45, 2.75) is 6.61 Å². The third-order valence-corrected chi connectivity index (χ3v) is 4.63. The molecule has 1 N–H and O–H groups in total. The Bertz CT molecular complexity index is 1100. The molecule has 0 unspecified atom stereocenters. The van der Waals surface area contributed by atoms with Crippen LogP contribution in [0.4, 0.5) is 11.4 Å². The first-order valence-electron chi connectivity index (χ1n) is 9.31. The van der Waals surface area contributed by atoms with E-state index in [-0.39, 0.29) is 12.4 Å². The van der Waals surface area contributed by atoms with Crippen LogP contribution in [-0.2, 0) is 6.61 Å². The molecule has 0 radical (unpaired) electrons. The summed E-state index contributed by atoms with van der Waals surface area (Å²) in [5, 5.41) is 4.40. The van der Waals surface area contributed by atoms with Gasteiger partial charge >= 0.3 is 0 Å². The topological polar surface area (TPSA) is 52.6 Å². The summed E-state index contributed by atoms with van der Waals surface area (Å²) in [5.41, 5.74) is 3.87. The SMILES string of the molecule is COc1cc2nccc(Nc3ccc(OCc4ccccc4)cc3)c2cc1OC.Cl. The first-order valence-corrected chi connectivity index (χ1v) is 9.31. The Hall–Kier alpha value is -3.44. The number of benzene rings is 3. The van der Waals surface area contributed by atoms with Crippen molar-refractivity contribution in [1.29, 1.82) is 0 Å². The zero-order valence-corrected chi connectivity index (χ0v) is 17.6. The number of ether oxygens (including phenoxy) is 3. The van der Waals surface area contributed by atoms with Crippen LogP contribution in [0.25, 0.3) is 10.9 Å². The summed E-state index contributed by atoms with van der Waals surface area (Å²) in [4.78, 5) is 4.44. The summed E-state index contributed by atoms with van der Waals surface area (Å²) in [5.74, 6) is 2.15. The molecule has 3 aromatic carbocycles. The maximum atomic E-state index is 5.86. The van der Waals surface area contributed by atoms with Gasteiger partial charge in [-0.05, 0) is 42.0 Å². The highest BCUT2D eigenvalue weighted by molar-refractivity contribution is 5.95. The van der Waals surface area contributed by atoms with Crippen molar-refractivity contribution in [2.75, 3.05) is 19.5 Å². The summed E-state index contributed by atoms with van der Waals surface area (Å²) in [7, 11) is 3.24. The lowest BCUT2D eigenvalue weighted by Crippen LogP contribution is -1.97. The standard InChI is InChI=1S/C24H22N2O3.ClH/c1-27-23-14-20-21(12-13-25-22(20)15-24(23)28-2)26-18-8-10-19(11-9-18)29-16-17-6-4-3-5-7-17;/h3-15H,16H2,1-2H3,(H,25,26);1H. The summed E-state index contributed by atoms with van der Waals surface area (Å²) < 4.78 is 16.7. The van der Waals surface area contributed by atoms with Crippen LogP contribution in [-0.4, -0.2) is 19.2 Å². The third kappa shape index (κ3) is 4.75. The Kier molecular flexibility index (Phi) is 6.99. The number of nitrogens with one attached hydrogen (secondary N) is 1. The number of halogens is 1. The second-order valence-electron chi connectivity index (χ2n) is 6.51. The lowest BCUT2D eigenvalue weighted by atomic mass is 10.1. The van der Waals surface area contributed by atoms with Gasteiger partial charge in [0.2, 0.25) is 0 Å². The van der Waals surface area contributed by atoms with Crippen LogP contribution in [0.2, 0.25) is 0 Å². The number of hydrogen-bond donors (Lipinski definition) is 1. The fourth-order valence-electron chi connectivity index (χ4n) is 3.11.